The number of aromatic nitrogens is 2. The van der Waals surface area contributed by atoms with Gasteiger partial charge in [-0.2, -0.15) is 0 Å². The maximum atomic E-state index is 5.72. The standard InChI is InChI=1S/C15H27N5O2/c1-16-15(18-5-2-8-20-9-7-17-13-20)19-6-3-10-22-14-4-11-21-12-14/h7,9,13-14H,2-6,8,10-12H2,1H3,(H2,16,18,19). The van der Waals surface area contributed by atoms with E-state index in [0.29, 0.717) is 6.10 Å². The predicted molar refractivity (Wildman–Crippen MR) is 86.0 cm³/mol. The van der Waals surface area contributed by atoms with Gasteiger partial charge in [-0.3, -0.25) is 4.99 Å². The Bertz CT molecular complexity index is 416. The third-order valence-corrected chi connectivity index (χ3v) is 3.52. The first-order chi connectivity index (χ1) is 10.9. The summed E-state index contributed by atoms with van der Waals surface area (Å²) in [5.74, 6) is 0.842. The van der Waals surface area contributed by atoms with Crippen LogP contribution >= 0.6 is 0 Å². The molecule has 22 heavy (non-hydrogen) atoms. The molecular formula is C15H27N5O2. The smallest absolute Gasteiger partial charge is 0.190 e. The van der Waals surface area contributed by atoms with Gasteiger partial charge in [0.15, 0.2) is 5.96 Å². The van der Waals surface area contributed by atoms with E-state index in [1.54, 1.807) is 13.2 Å². The minimum absolute atomic E-state index is 0.292. The van der Waals surface area contributed by atoms with Crippen LogP contribution in [0.3, 0.4) is 0 Å². The van der Waals surface area contributed by atoms with Crippen molar-refractivity contribution in [1.82, 2.24) is 20.2 Å². The van der Waals surface area contributed by atoms with Crippen LogP contribution in [0.5, 0.6) is 0 Å². The normalized spacial score (nSPS) is 18.6. The van der Waals surface area contributed by atoms with Crippen molar-refractivity contribution < 1.29 is 9.47 Å². The summed E-state index contributed by atoms with van der Waals surface area (Å²) < 4.78 is 13.1. The van der Waals surface area contributed by atoms with Gasteiger partial charge in [0.05, 0.1) is 19.0 Å². The molecule has 0 spiro atoms. The zero-order valence-corrected chi connectivity index (χ0v) is 13.3. The van der Waals surface area contributed by atoms with Gasteiger partial charge >= 0.3 is 0 Å². The van der Waals surface area contributed by atoms with E-state index in [1.165, 1.54) is 0 Å². The summed E-state index contributed by atoms with van der Waals surface area (Å²) in [6, 6.07) is 0. The fourth-order valence-electron chi connectivity index (χ4n) is 2.28. The zero-order chi connectivity index (χ0) is 15.5. The summed E-state index contributed by atoms with van der Waals surface area (Å²) in [6.45, 7) is 5.04. The third-order valence-electron chi connectivity index (χ3n) is 3.52. The second-order valence-corrected chi connectivity index (χ2v) is 5.29. The van der Waals surface area contributed by atoms with Crippen molar-refractivity contribution in [3.63, 3.8) is 0 Å². The minimum Gasteiger partial charge on any atom is -0.379 e. The highest BCUT2D eigenvalue weighted by Crippen LogP contribution is 2.07. The molecule has 1 fully saturated rings. The summed E-state index contributed by atoms with van der Waals surface area (Å²) in [6.07, 6.45) is 8.92. The molecule has 0 amide bonds. The van der Waals surface area contributed by atoms with E-state index in [1.807, 2.05) is 12.5 Å². The Morgan fingerprint density at radius 3 is 2.95 bits per heavy atom. The molecule has 2 N–H and O–H groups in total. The van der Waals surface area contributed by atoms with E-state index < -0.39 is 0 Å². The number of guanidine groups is 1. The largest absolute Gasteiger partial charge is 0.379 e. The van der Waals surface area contributed by atoms with Crippen LogP contribution in [0.25, 0.3) is 0 Å². The van der Waals surface area contributed by atoms with Crippen LogP contribution in [0.2, 0.25) is 0 Å². The van der Waals surface area contributed by atoms with E-state index in [9.17, 15) is 0 Å². The van der Waals surface area contributed by atoms with Crippen molar-refractivity contribution in [2.75, 3.05) is 40.0 Å². The van der Waals surface area contributed by atoms with Crippen LogP contribution in [-0.4, -0.2) is 61.6 Å². The van der Waals surface area contributed by atoms with E-state index in [0.717, 1.165) is 64.7 Å². The fourth-order valence-corrected chi connectivity index (χ4v) is 2.28. The van der Waals surface area contributed by atoms with Crippen LogP contribution in [0, 0.1) is 0 Å². The molecule has 1 aliphatic heterocycles. The first-order valence-electron chi connectivity index (χ1n) is 7.98. The van der Waals surface area contributed by atoms with Gasteiger partial charge in [0.25, 0.3) is 0 Å². The van der Waals surface area contributed by atoms with Crippen LogP contribution in [0.15, 0.2) is 23.7 Å². The van der Waals surface area contributed by atoms with Gasteiger partial charge in [-0.05, 0) is 19.3 Å². The van der Waals surface area contributed by atoms with Gasteiger partial charge in [-0.25, -0.2) is 4.98 Å². The van der Waals surface area contributed by atoms with Gasteiger partial charge in [-0.15, -0.1) is 0 Å². The molecule has 124 valence electrons. The maximum absolute atomic E-state index is 5.72. The van der Waals surface area contributed by atoms with Gasteiger partial charge in [0.2, 0.25) is 0 Å². The minimum atomic E-state index is 0.292. The number of ether oxygens (including phenoxy) is 2. The number of aryl methyl sites for hydroxylation is 1. The Labute approximate surface area is 132 Å². The molecular weight excluding hydrogens is 282 g/mol. The third kappa shape index (κ3) is 6.44. The maximum Gasteiger partial charge on any atom is 0.190 e. The molecule has 2 heterocycles. The molecule has 1 aromatic heterocycles. The number of hydrogen-bond acceptors (Lipinski definition) is 4. The monoisotopic (exact) mass is 309 g/mol. The predicted octanol–water partition coefficient (Wildman–Crippen LogP) is 0.634. The number of imidazole rings is 1. The number of nitrogens with zero attached hydrogens (tertiary/aromatic N) is 3. The summed E-state index contributed by atoms with van der Waals surface area (Å²) in [5.41, 5.74) is 0. The van der Waals surface area contributed by atoms with Crippen molar-refractivity contribution in [3.8, 4) is 0 Å². The Balaban J connectivity index is 1.46. The van der Waals surface area contributed by atoms with Crippen molar-refractivity contribution >= 4 is 5.96 Å². The fraction of sp³-hybridized carbons (Fsp3) is 0.733. The lowest BCUT2D eigenvalue weighted by molar-refractivity contribution is 0.0420. The Hall–Kier alpha value is -1.60. The Morgan fingerprint density at radius 1 is 1.41 bits per heavy atom. The average molecular weight is 309 g/mol. The SMILES string of the molecule is CN=C(NCCCOC1CCOC1)NCCCn1ccnc1. The second kappa shape index (κ2) is 10.2. The lowest BCUT2D eigenvalue weighted by Gasteiger charge is -2.13. The van der Waals surface area contributed by atoms with E-state index in [2.05, 4.69) is 25.2 Å². The molecule has 1 saturated heterocycles. The first-order valence-corrected chi connectivity index (χ1v) is 7.98. The van der Waals surface area contributed by atoms with Crippen molar-refractivity contribution in [2.45, 2.75) is 31.9 Å². The summed E-state index contributed by atoms with van der Waals surface area (Å²) in [5, 5.41) is 6.61. The number of nitrogens with one attached hydrogen (secondary N) is 2. The molecule has 0 aromatic carbocycles. The molecule has 2 rings (SSSR count). The molecule has 0 radical (unpaired) electrons. The van der Waals surface area contributed by atoms with Crippen LogP contribution in [0.1, 0.15) is 19.3 Å². The van der Waals surface area contributed by atoms with Gasteiger partial charge in [-0.1, -0.05) is 0 Å². The van der Waals surface area contributed by atoms with Crippen LogP contribution in [0.4, 0.5) is 0 Å². The highest BCUT2D eigenvalue weighted by Gasteiger charge is 2.15. The first kappa shape index (κ1) is 16.8. The highest BCUT2D eigenvalue weighted by molar-refractivity contribution is 5.79. The molecule has 1 aliphatic rings. The molecule has 1 atom stereocenters. The number of aliphatic imine (C=N–C) groups is 1. The van der Waals surface area contributed by atoms with E-state index >= 15 is 0 Å². The van der Waals surface area contributed by atoms with Crippen molar-refractivity contribution in [3.05, 3.63) is 18.7 Å². The lowest BCUT2D eigenvalue weighted by atomic mass is 10.3. The van der Waals surface area contributed by atoms with E-state index in [4.69, 9.17) is 9.47 Å². The summed E-state index contributed by atoms with van der Waals surface area (Å²) in [7, 11) is 1.79. The molecule has 0 saturated carbocycles. The molecule has 7 heteroatoms. The number of hydrogen-bond donors (Lipinski definition) is 2. The zero-order valence-electron chi connectivity index (χ0n) is 13.3. The summed E-state index contributed by atoms with van der Waals surface area (Å²) in [4.78, 5) is 8.24. The summed E-state index contributed by atoms with van der Waals surface area (Å²) >= 11 is 0. The highest BCUT2D eigenvalue weighted by atomic mass is 16.5. The van der Waals surface area contributed by atoms with Crippen LogP contribution in [-0.2, 0) is 16.0 Å². The van der Waals surface area contributed by atoms with Crippen LogP contribution < -0.4 is 10.6 Å². The quantitative estimate of drug-likeness (QED) is 0.398. The van der Waals surface area contributed by atoms with Gasteiger partial charge in [0, 0.05) is 52.3 Å². The van der Waals surface area contributed by atoms with Gasteiger partial charge in [0.1, 0.15) is 0 Å². The van der Waals surface area contributed by atoms with Crippen molar-refractivity contribution in [2.24, 2.45) is 4.99 Å². The Morgan fingerprint density at radius 2 is 2.27 bits per heavy atom. The second-order valence-electron chi connectivity index (χ2n) is 5.29. The van der Waals surface area contributed by atoms with Crippen molar-refractivity contribution in [1.29, 1.82) is 0 Å². The molecule has 7 nitrogen and oxygen atoms in total. The van der Waals surface area contributed by atoms with E-state index in [-0.39, 0.29) is 0 Å². The molecule has 1 unspecified atom stereocenters. The topological polar surface area (TPSA) is 72.7 Å². The Kier molecular flexibility index (Phi) is 7.76. The lowest BCUT2D eigenvalue weighted by Crippen LogP contribution is -2.38. The molecule has 1 aromatic rings. The van der Waals surface area contributed by atoms with Gasteiger partial charge < -0.3 is 24.7 Å². The molecule has 0 aliphatic carbocycles. The number of rotatable bonds is 9. The molecule has 0 bridgehead atoms. The average Bonchev–Trinajstić information content (AvgIpc) is 3.22.